The highest BCUT2D eigenvalue weighted by Crippen LogP contribution is 2.19. The molecule has 0 unspecified atom stereocenters. The van der Waals surface area contributed by atoms with Crippen molar-refractivity contribution in [2.45, 2.75) is 25.9 Å². The second-order valence-corrected chi connectivity index (χ2v) is 5.23. The summed E-state index contributed by atoms with van der Waals surface area (Å²) < 4.78 is 0. The van der Waals surface area contributed by atoms with Crippen molar-refractivity contribution in [1.82, 2.24) is 20.2 Å². The zero-order valence-corrected chi connectivity index (χ0v) is 11.0. The van der Waals surface area contributed by atoms with E-state index in [0.717, 1.165) is 36.5 Å². The summed E-state index contributed by atoms with van der Waals surface area (Å²) in [5.74, 6) is 1.06. The van der Waals surface area contributed by atoms with E-state index in [0.29, 0.717) is 12.1 Å². The maximum Gasteiger partial charge on any atom is 0.125 e. The number of fused-ring (bicyclic) bond motifs is 1. The summed E-state index contributed by atoms with van der Waals surface area (Å²) in [5.41, 5.74) is 2.17. The number of aromatic nitrogens is 2. The molecule has 2 heterocycles. The normalized spacial score (nSPS) is 21.8. The van der Waals surface area contributed by atoms with Crippen molar-refractivity contribution >= 4 is 11.0 Å². The van der Waals surface area contributed by atoms with E-state index >= 15 is 0 Å². The van der Waals surface area contributed by atoms with E-state index in [4.69, 9.17) is 0 Å². The molecular weight excluding hydrogens is 224 g/mol. The number of hydrogen-bond donors (Lipinski definition) is 2. The number of para-hydroxylation sites is 2. The third kappa shape index (κ3) is 2.13. The van der Waals surface area contributed by atoms with Crippen LogP contribution in [-0.4, -0.2) is 40.5 Å². The summed E-state index contributed by atoms with van der Waals surface area (Å²) in [4.78, 5) is 10.6. The minimum atomic E-state index is 0.313. The van der Waals surface area contributed by atoms with Gasteiger partial charge in [-0.15, -0.1) is 0 Å². The molecule has 1 atom stereocenters. The van der Waals surface area contributed by atoms with Gasteiger partial charge < -0.3 is 10.3 Å². The number of nitrogens with one attached hydrogen (secondary N) is 2. The van der Waals surface area contributed by atoms with Crippen LogP contribution in [-0.2, 0) is 0 Å². The molecule has 1 aliphatic heterocycles. The van der Waals surface area contributed by atoms with E-state index in [9.17, 15) is 0 Å². The Balaban J connectivity index is 1.85. The molecule has 0 spiro atoms. The lowest BCUT2D eigenvalue weighted by Gasteiger charge is -2.35. The van der Waals surface area contributed by atoms with Crippen LogP contribution in [0.1, 0.15) is 25.7 Å². The van der Waals surface area contributed by atoms with Gasteiger partial charge in [-0.05, 0) is 26.0 Å². The van der Waals surface area contributed by atoms with Crippen LogP contribution < -0.4 is 5.32 Å². The molecule has 1 aromatic carbocycles. The molecule has 4 nitrogen and oxygen atoms in total. The number of rotatable bonds is 2. The third-order valence-corrected chi connectivity index (χ3v) is 3.67. The molecule has 96 valence electrons. The highest BCUT2D eigenvalue weighted by Gasteiger charge is 2.24. The Kier molecular flexibility index (Phi) is 3.06. The molecule has 0 radical (unpaired) electrons. The number of aromatic amines is 1. The Bertz CT molecular complexity index is 498. The van der Waals surface area contributed by atoms with E-state index in [1.54, 1.807) is 0 Å². The first-order valence-corrected chi connectivity index (χ1v) is 6.66. The summed E-state index contributed by atoms with van der Waals surface area (Å²) in [6, 6.07) is 9.11. The predicted molar refractivity (Wildman–Crippen MR) is 73.5 cm³/mol. The minimum Gasteiger partial charge on any atom is -0.341 e. The van der Waals surface area contributed by atoms with Crippen LogP contribution in [0.15, 0.2) is 24.3 Å². The molecule has 18 heavy (non-hydrogen) atoms. The number of H-pyrrole nitrogens is 1. The highest BCUT2D eigenvalue weighted by atomic mass is 15.2. The Hall–Kier alpha value is -1.39. The molecule has 0 saturated carbocycles. The lowest BCUT2D eigenvalue weighted by Crippen LogP contribution is -2.48. The van der Waals surface area contributed by atoms with Gasteiger partial charge in [0.1, 0.15) is 5.82 Å². The summed E-state index contributed by atoms with van der Waals surface area (Å²) in [6.45, 7) is 7.67. The second-order valence-electron chi connectivity index (χ2n) is 5.23. The maximum atomic E-state index is 4.69. The molecule has 4 heteroatoms. The Morgan fingerprint density at radius 1 is 1.33 bits per heavy atom. The third-order valence-electron chi connectivity index (χ3n) is 3.67. The van der Waals surface area contributed by atoms with Crippen molar-refractivity contribution in [3.63, 3.8) is 0 Å². The maximum absolute atomic E-state index is 4.69. The summed E-state index contributed by atoms with van der Waals surface area (Å²) >= 11 is 0. The fourth-order valence-corrected chi connectivity index (χ4v) is 2.56. The number of nitrogens with zero attached hydrogens (tertiary/aromatic N) is 2. The molecule has 2 N–H and O–H groups in total. The van der Waals surface area contributed by atoms with E-state index in [1.165, 1.54) is 0 Å². The largest absolute Gasteiger partial charge is 0.341 e. The van der Waals surface area contributed by atoms with Crippen LogP contribution in [0.25, 0.3) is 11.0 Å². The molecular formula is C14H20N4. The molecule has 1 fully saturated rings. The Morgan fingerprint density at radius 3 is 2.94 bits per heavy atom. The molecule has 0 aliphatic carbocycles. The van der Waals surface area contributed by atoms with Gasteiger partial charge in [0.2, 0.25) is 0 Å². The van der Waals surface area contributed by atoms with Gasteiger partial charge in [0.15, 0.2) is 0 Å². The molecule has 3 rings (SSSR count). The van der Waals surface area contributed by atoms with Crippen LogP contribution >= 0.6 is 0 Å². The van der Waals surface area contributed by atoms with Gasteiger partial charge in [0, 0.05) is 25.7 Å². The predicted octanol–water partition coefficient (Wildman–Crippen LogP) is 1.92. The van der Waals surface area contributed by atoms with E-state index in [2.05, 4.69) is 46.2 Å². The van der Waals surface area contributed by atoms with Crippen LogP contribution in [0.2, 0.25) is 0 Å². The van der Waals surface area contributed by atoms with Gasteiger partial charge in [0.25, 0.3) is 0 Å². The van der Waals surface area contributed by atoms with Crippen molar-refractivity contribution in [3.05, 3.63) is 30.1 Å². The van der Waals surface area contributed by atoms with E-state index in [1.807, 2.05) is 12.1 Å². The van der Waals surface area contributed by atoms with Crippen LogP contribution in [0.4, 0.5) is 0 Å². The standard InChI is InChI=1S/C14H20N4/c1-10(2)18-8-7-15-13(9-18)14-16-11-5-3-4-6-12(11)17-14/h3-6,10,13,15H,7-9H2,1-2H3,(H,16,17)/t13-/m1/s1. The van der Waals surface area contributed by atoms with Crippen LogP contribution in [0.3, 0.4) is 0 Å². The molecule has 0 bridgehead atoms. The molecule has 2 aromatic rings. The van der Waals surface area contributed by atoms with Crippen LogP contribution in [0, 0.1) is 0 Å². The monoisotopic (exact) mass is 244 g/mol. The first-order valence-electron chi connectivity index (χ1n) is 6.66. The fourth-order valence-electron chi connectivity index (χ4n) is 2.56. The number of imidazole rings is 1. The highest BCUT2D eigenvalue weighted by molar-refractivity contribution is 5.74. The van der Waals surface area contributed by atoms with Gasteiger partial charge in [-0.3, -0.25) is 4.90 Å². The van der Waals surface area contributed by atoms with Crippen molar-refractivity contribution in [2.24, 2.45) is 0 Å². The number of hydrogen-bond acceptors (Lipinski definition) is 3. The van der Waals surface area contributed by atoms with Gasteiger partial charge in [0.05, 0.1) is 17.1 Å². The Morgan fingerprint density at radius 2 is 2.17 bits per heavy atom. The van der Waals surface area contributed by atoms with Gasteiger partial charge in [-0.1, -0.05) is 12.1 Å². The molecule has 1 aromatic heterocycles. The van der Waals surface area contributed by atoms with Gasteiger partial charge in [-0.2, -0.15) is 0 Å². The van der Waals surface area contributed by atoms with Gasteiger partial charge >= 0.3 is 0 Å². The SMILES string of the molecule is CC(C)N1CCN[C@@H](c2nc3ccccc3[nH]2)C1. The smallest absolute Gasteiger partial charge is 0.125 e. The van der Waals surface area contributed by atoms with Crippen molar-refractivity contribution in [2.75, 3.05) is 19.6 Å². The first kappa shape index (κ1) is 11.7. The average molecular weight is 244 g/mol. The Labute approximate surface area is 107 Å². The lowest BCUT2D eigenvalue weighted by molar-refractivity contribution is 0.159. The molecule has 0 amide bonds. The summed E-state index contributed by atoms with van der Waals surface area (Å²) in [5, 5.41) is 3.55. The van der Waals surface area contributed by atoms with Crippen molar-refractivity contribution < 1.29 is 0 Å². The summed E-state index contributed by atoms with van der Waals surface area (Å²) in [7, 11) is 0. The molecule has 1 saturated heterocycles. The van der Waals surface area contributed by atoms with Crippen LogP contribution in [0.5, 0.6) is 0 Å². The van der Waals surface area contributed by atoms with E-state index < -0.39 is 0 Å². The van der Waals surface area contributed by atoms with E-state index in [-0.39, 0.29) is 0 Å². The lowest BCUT2D eigenvalue weighted by atomic mass is 10.1. The fraction of sp³-hybridized carbons (Fsp3) is 0.500. The topological polar surface area (TPSA) is 44.0 Å². The zero-order chi connectivity index (χ0) is 12.5. The number of piperazine rings is 1. The quantitative estimate of drug-likeness (QED) is 0.848. The average Bonchev–Trinajstić information content (AvgIpc) is 2.82. The summed E-state index contributed by atoms with van der Waals surface area (Å²) in [6.07, 6.45) is 0. The number of benzene rings is 1. The first-order chi connectivity index (χ1) is 8.74. The second kappa shape index (κ2) is 4.71. The minimum absolute atomic E-state index is 0.313. The zero-order valence-electron chi connectivity index (χ0n) is 11.0. The van der Waals surface area contributed by atoms with Crippen molar-refractivity contribution in [1.29, 1.82) is 0 Å². The van der Waals surface area contributed by atoms with Gasteiger partial charge in [-0.25, -0.2) is 4.98 Å². The van der Waals surface area contributed by atoms with Crippen molar-refractivity contribution in [3.8, 4) is 0 Å². The molecule has 1 aliphatic rings.